The van der Waals surface area contributed by atoms with Crippen molar-refractivity contribution in [3.63, 3.8) is 0 Å². The fourth-order valence-corrected chi connectivity index (χ4v) is 7.97. The highest BCUT2D eigenvalue weighted by Gasteiger charge is 2.45. The maximum absolute atomic E-state index is 13.3. The number of primary amides is 1. The van der Waals surface area contributed by atoms with Gasteiger partial charge < -0.3 is 21.3 Å². The number of carbonyl (C=O) groups is 7. The molecule has 1 aromatic heterocycles. The number of Topliss-reactive ketones (excluding diaryl/α,β-unsaturated/α-hetero) is 1. The number of amides is 6. The molecule has 4 aromatic rings. The molecule has 14 nitrogen and oxygen atoms in total. The van der Waals surface area contributed by atoms with Crippen LogP contribution in [-0.2, 0) is 19.2 Å². The standard InChI is InChI=1S/C43H45N7O7/c44-40(54)32-25-46-33-16-15-27(23-31(33)39(32)47-28-9-4-3-5-10-28)26-19-21-49(22-20-26)37(53)14-7-2-1-6-11-29(51)24-45-34-13-8-12-30-38(34)43(57)50(42(30)56)35-17-18-36(52)48-41(35)55/h3-5,8-10,12-13,15-16,23,25-26,35,45H,1-2,6-7,11,14,17-22,24H2,(H2,44,54)(H,46,47)(H,48,52,55). The number of likely N-dealkylation sites (tertiary alicyclic amines) is 1. The summed E-state index contributed by atoms with van der Waals surface area (Å²) >= 11 is 0. The van der Waals surface area contributed by atoms with Gasteiger partial charge in [-0.25, -0.2) is 0 Å². The van der Waals surface area contributed by atoms with Gasteiger partial charge in [-0.3, -0.25) is 48.8 Å². The number of unbranched alkanes of at least 4 members (excludes halogenated alkanes) is 3. The maximum Gasteiger partial charge on any atom is 0.264 e. The second kappa shape index (κ2) is 17.1. The summed E-state index contributed by atoms with van der Waals surface area (Å²) in [6, 6.07) is 19.4. The van der Waals surface area contributed by atoms with Crippen LogP contribution in [0.2, 0.25) is 0 Å². The van der Waals surface area contributed by atoms with Crippen molar-refractivity contribution >= 4 is 69.2 Å². The number of rotatable bonds is 15. The van der Waals surface area contributed by atoms with Gasteiger partial charge in [0.25, 0.3) is 17.7 Å². The van der Waals surface area contributed by atoms with Gasteiger partial charge in [0.1, 0.15) is 6.04 Å². The van der Waals surface area contributed by atoms with Gasteiger partial charge in [-0.05, 0) is 80.0 Å². The van der Waals surface area contributed by atoms with Gasteiger partial charge in [0.05, 0.1) is 34.4 Å². The molecule has 0 radical (unpaired) electrons. The first-order valence-electron chi connectivity index (χ1n) is 19.5. The van der Waals surface area contributed by atoms with Crippen LogP contribution < -0.4 is 21.7 Å². The quantitative estimate of drug-likeness (QED) is 0.0919. The zero-order chi connectivity index (χ0) is 40.1. The van der Waals surface area contributed by atoms with Crippen molar-refractivity contribution in [3.05, 3.63) is 95.2 Å². The Morgan fingerprint density at radius 2 is 1.60 bits per heavy atom. The van der Waals surface area contributed by atoms with Crippen LogP contribution in [0.1, 0.15) is 107 Å². The van der Waals surface area contributed by atoms with E-state index < -0.39 is 35.6 Å². The number of nitrogens with one attached hydrogen (secondary N) is 3. The van der Waals surface area contributed by atoms with Crippen LogP contribution in [-0.4, -0.2) is 81.7 Å². The summed E-state index contributed by atoms with van der Waals surface area (Å²) in [4.78, 5) is 95.8. The monoisotopic (exact) mass is 771 g/mol. The Labute approximate surface area is 329 Å². The Hall–Kier alpha value is -6.44. The lowest BCUT2D eigenvalue weighted by Gasteiger charge is -2.32. The average molecular weight is 772 g/mol. The van der Waals surface area contributed by atoms with E-state index in [0.717, 1.165) is 59.2 Å². The zero-order valence-corrected chi connectivity index (χ0v) is 31.6. The third kappa shape index (κ3) is 8.54. The molecule has 0 aliphatic carbocycles. The number of ketones is 1. The molecule has 5 N–H and O–H groups in total. The van der Waals surface area contributed by atoms with E-state index in [9.17, 15) is 33.6 Å². The Bertz CT molecular complexity index is 2250. The Kier molecular flexibility index (Phi) is 11.7. The Balaban J connectivity index is 0.832. The molecule has 6 amide bonds. The fourth-order valence-electron chi connectivity index (χ4n) is 7.97. The number of anilines is 3. The van der Waals surface area contributed by atoms with E-state index in [-0.39, 0.29) is 48.1 Å². The number of hydrogen-bond acceptors (Lipinski definition) is 10. The van der Waals surface area contributed by atoms with Crippen molar-refractivity contribution in [1.29, 1.82) is 0 Å². The van der Waals surface area contributed by atoms with Gasteiger partial charge in [0.15, 0.2) is 5.78 Å². The fraction of sp³-hybridized carbons (Fsp3) is 0.349. The lowest BCUT2D eigenvalue weighted by molar-refractivity contribution is -0.136. The number of carbonyl (C=O) groups excluding carboxylic acids is 7. The van der Waals surface area contributed by atoms with E-state index in [2.05, 4.69) is 33.1 Å². The Morgan fingerprint density at radius 1 is 0.842 bits per heavy atom. The number of hydrogen-bond donors (Lipinski definition) is 4. The minimum atomic E-state index is -1.06. The van der Waals surface area contributed by atoms with Crippen LogP contribution in [0.5, 0.6) is 0 Å². The van der Waals surface area contributed by atoms with E-state index in [1.54, 1.807) is 12.1 Å². The average Bonchev–Trinajstić information content (AvgIpc) is 3.47. The molecule has 1 atom stereocenters. The van der Waals surface area contributed by atoms with Gasteiger partial charge in [0.2, 0.25) is 17.7 Å². The first-order valence-corrected chi connectivity index (χ1v) is 19.5. The molecule has 57 heavy (non-hydrogen) atoms. The van der Waals surface area contributed by atoms with Gasteiger partial charge >= 0.3 is 0 Å². The molecule has 14 heteroatoms. The first-order chi connectivity index (χ1) is 27.6. The topological polar surface area (TPSA) is 201 Å². The highest BCUT2D eigenvalue weighted by Crippen LogP contribution is 2.35. The first kappa shape index (κ1) is 38.8. The molecule has 0 saturated carbocycles. The van der Waals surface area contributed by atoms with Crippen LogP contribution in [0.25, 0.3) is 10.9 Å². The normalized spacial score (nSPS) is 17.1. The van der Waals surface area contributed by atoms with Crippen molar-refractivity contribution < 1.29 is 33.6 Å². The van der Waals surface area contributed by atoms with Gasteiger partial charge in [-0.15, -0.1) is 0 Å². The predicted octanol–water partition coefficient (Wildman–Crippen LogP) is 5.21. The molecule has 4 heterocycles. The van der Waals surface area contributed by atoms with Crippen LogP contribution >= 0.6 is 0 Å². The number of para-hydroxylation sites is 1. The SMILES string of the molecule is NC(=O)c1cnc2ccc(C3CCN(C(=O)CCCCCCC(=O)CNc4cccc5c4C(=O)N(C4CCC(=O)NC4=O)C5=O)CC3)cc2c1Nc1ccccc1. The van der Waals surface area contributed by atoms with Crippen molar-refractivity contribution in [2.45, 2.75) is 76.2 Å². The number of piperidine rings is 2. The van der Waals surface area contributed by atoms with Crippen molar-refractivity contribution in [2.24, 2.45) is 5.73 Å². The molecule has 3 aliphatic heterocycles. The molecule has 1 unspecified atom stereocenters. The lowest BCUT2D eigenvalue weighted by Crippen LogP contribution is -2.54. The van der Waals surface area contributed by atoms with Gasteiger partial charge in [-0.1, -0.05) is 43.2 Å². The van der Waals surface area contributed by atoms with Crippen LogP contribution in [0.3, 0.4) is 0 Å². The second-order valence-corrected chi connectivity index (χ2v) is 14.8. The van der Waals surface area contributed by atoms with Crippen molar-refractivity contribution in [1.82, 2.24) is 20.1 Å². The van der Waals surface area contributed by atoms with Crippen LogP contribution in [0.4, 0.5) is 17.1 Å². The summed E-state index contributed by atoms with van der Waals surface area (Å²) in [6.45, 7) is 1.30. The van der Waals surface area contributed by atoms with E-state index in [0.29, 0.717) is 49.3 Å². The molecule has 0 bridgehead atoms. The van der Waals surface area contributed by atoms with E-state index in [4.69, 9.17) is 5.73 Å². The Morgan fingerprint density at radius 3 is 2.33 bits per heavy atom. The van der Waals surface area contributed by atoms with Crippen LogP contribution in [0.15, 0.2) is 72.9 Å². The summed E-state index contributed by atoms with van der Waals surface area (Å²) in [5, 5.41) is 9.38. The molecular formula is C43H45N7O7. The van der Waals surface area contributed by atoms with E-state index in [1.807, 2.05) is 41.3 Å². The van der Waals surface area contributed by atoms with E-state index >= 15 is 0 Å². The highest BCUT2D eigenvalue weighted by atomic mass is 16.2. The largest absolute Gasteiger partial charge is 0.377 e. The minimum Gasteiger partial charge on any atom is -0.377 e. The lowest BCUT2D eigenvalue weighted by atomic mass is 9.88. The number of pyridine rings is 1. The molecule has 2 saturated heterocycles. The second-order valence-electron chi connectivity index (χ2n) is 14.8. The summed E-state index contributed by atoms with van der Waals surface area (Å²) < 4.78 is 0. The minimum absolute atomic E-state index is 0.0268. The number of aromatic nitrogens is 1. The van der Waals surface area contributed by atoms with Crippen LogP contribution in [0, 0.1) is 0 Å². The number of nitrogens with zero attached hydrogens (tertiary/aromatic N) is 3. The third-order valence-electron chi connectivity index (χ3n) is 11.1. The van der Waals surface area contributed by atoms with E-state index in [1.165, 1.54) is 12.3 Å². The molecule has 294 valence electrons. The highest BCUT2D eigenvalue weighted by molar-refractivity contribution is 6.25. The molecule has 0 spiro atoms. The zero-order valence-electron chi connectivity index (χ0n) is 31.6. The predicted molar refractivity (Wildman–Crippen MR) is 213 cm³/mol. The molecule has 3 aromatic carbocycles. The number of nitrogens with two attached hydrogens (primary N) is 1. The number of imide groups is 2. The summed E-state index contributed by atoms with van der Waals surface area (Å²) in [5.41, 5.74) is 10.00. The molecule has 2 fully saturated rings. The van der Waals surface area contributed by atoms with Crippen molar-refractivity contribution in [2.75, 3.05) is 30.3 Å². The van der Waals surface area contributed by atoms with Gasteiger partial charge in [0, 0.05) is 55.3 Å². The summed E-state index contributed by atoms with van der Waals surface area (Å²) in [7, 11) is 0. The summed E-state index contributed by atoms with van der Waals surface area (Å²) in [6.07, 6.45) is 7.05. The molecular weight excluding hydrogens is 727 g/mol. The van der Waals surface area contributed by atoms with Crippen molar-refractivity contribution in [3.8, 4) is 0 Å². The number of benzene rings is 3. The maximum atomic E-state index is 13.3. The molecule has 7 rings (SSSR count). The summed E-state index contributed by atoms with van der Waals surface area (Å²) in [5.74, 6) is -2.57. The third-order valence-corrected chi connectivity index (χ3v) is 11.1. The number of fused-ring (bicyclic) bond motifs is 2. The van der Waals surface area contributed by atoms with Gasteiger partial charge in [-0.2, -0.15) is 0 Å². The smallest absolute Gasteiger partial charge is 0.264 e. The molecule has 3 aliphatic rings.